The fraction of sp³-hybridized carbons (Fsp3) is 0.412. The number of carboxylic acid groups (broad SMARTS) is 1. The van der Waals surface area contributed by atoms with Crippen LogP contribution in [-0.2, 0) is 14.3 Å². The van der Waals surface area contributed by atoms with Crippen LogP contribution in [0.1, 0.15) is 54.3 Å². The van der Waals surface area contributed by atoms with E-state index in [-0.39, 0.29) is 18.4 Å². The topological polar surface area (TPSA) is 179 Å². The van der Waals surface area contributed by atoms with Crippen LogP contribution >= 0.6 is 0 Å². The highest BCUT2D eigenvalue weighted by Crippen LogP contribution is 2.19. The summed E-state index contributed by atoms with van der Waals surface area (Å²) in [6.07, 6.45) is -0.387. The van der Waals surface area contributed by atoms with Gasteiger partial charge in [0.25, 0.3) is 11.6 Å². The van der Waals surface area contributed by atoms with Crippen molar-refractivity contribution in [3.63, 3.8) is 0 Å². The Morgan fingerprint density at radius 2 is 1.86 bits per heavy atom. The summed E-state index contributed by atoms with van der Waals surface area (Å²) in [6, 6.07) is 1.41. The number of carbonyl (C=O) groups is 4. The Morgan fingerprint density at radius 3 is 2.32 bits per heavy atom. The number of hydrogen-bond acceptors (Lipinski definition) is 7. The Labute approximate surface area is 160 Å². The fourth-order valence-corrected chi connectivity index (χ4v) is 2.17. The number of hydrogen-bond donors (Lipinski definition) is 3. The predicted octanol–water partition coefficient (Wildman–Crippen LogP) is 0.999. The molecule has 0 unspecified atom stereocenters. The maximum absolute atomic E-state index is 12.5. The van der Waals surface area contributed by atoms with Crippen LogP contribution in [0, 0.1) is 10.1 Å². The summed E-state index contributed by atoms with van der Waals surface area (Å²) in [4.78, 5) is 57.2. The summed E-state index contributed by atoms with van der Waals surface area (Å²) in [5.41, 5.74) is 2.71. The number of aromatic carboxylic acids is 1. The fourth-order valence-electron chi connectivity index (χ4n) is 2.17. The van der Waals surface area contributed by atoms with Gasteiger partial charge in [-0.25, -0.2) is 9.59 Å². The third-order valence-electron chi connectivity index (χ3n) is 3.37. The molecule has 28 heavy (non-hydrogen) atoms. The molecule has 0 saturated carbocycles. The largest absolute Gasteiger partial charge is 0.478 e. The van der Waals surface area contributed by atoms with E-state index in [1.54, 1.807) is 20.8 Å². The van der Waals surface area contributed by atoms with Gasteiger partial charge in [-0.15, -0.1) is 0 Å². The second-order valence-corrected chi connectivity index (χ2v) is 6.86. The van der Waals surface area contributed by atoms with Crippen LogP contribution < -0.4 is 11.1 Å². The number of ether oxygens (including phenoxy) is 1. The molecule has 0 aliphatic rings. The number of rotatable bonds is 8. The van der Waals surface area contributed by atoms with Gasteiger partial charge in [0.05, 0.1) is 16.1 Å². The molecule has 152 valence electrons. The molecule has 1 aromatic rings. The molecule has 2 amide bonds. The van der Waals surface area contributed by atoms with Crippen LogP contribution in [0.25, 0.3) is 0 Å². The van der Waals surface area contributed by atoms with Crippen molar-refractivity contribution in [3.8, 4) is 0 Å². The van der Waals surface area contributed by atoms with E-state index in [0.29, 0.717) is 0 Å². The third kappa shape index (κ3) is 6.67. The molecule has 11 heteroatoms. The van der Waals surface area contributed by atoms with Gasteiger partial charge in [0.2, 0.25) is 5.91 Å². The van der Waals surface area contributed by atoms with E-state index in [1.807, 2.05) is 0 Å². The van der Waals surface area contributed by atoms with E-state index in [1.165, 1.54) is 0 Å². The molecule has 11 nitrogen and oxygen atoms in total. The Kier molecular flexibility index (Phi) is 7.19. The first-order chi connectivity index (χ1) is 12.8. The number of nitrogens with zero attached hydrogens (tertiary/aromatic N) is 1. The number of nitro benzene ring substituents is 1. The summed E-state index contributed by atoms with van der Waals surface area (Å²) in [7, 11) is 0. The molecule has 0 radical (unpaired) electrons. The van der Waals surface area contributed by atoms with E-state index < -0.39 is 51.6 Å². The summed E-state index contributed by atoms with van der Waals surface area (Å²) >= 11 is 0. The van der Waals surface area contributed by atoms with Crippen LogP contribution in [0.5, 0.6) is 0 Å². The minimum Gasteiger partial charge on any atom is -0.478 e. The number of benzene rings is 1. The molecule has 0 spiro atoms. The second-order valence-electron chi connectivity index (χ2n) is 6.86. The molecule has 0 fully saturated rings. The number of nitro groups is 1. The van der Waals surface area contributed by atoms with Crippen molar-refractivity contribution < 1.29 is 33.9 Å². The van der Waals surface area contributed by atoms with Gasteiger partial charge in [0.15, 0.2) is 0 Å². The average Bonchev–Trinajstić information content (AvgIpc) is 2.55. The van der Waals surface area contributed by atoms with E-state index >= 15 is 0 Å². The third-order valence-corrected chi connectivity index (χ3v) is 3.37. The number of nitrogens with two attached hydrogens (primary N) is 1. The second kappa shape index (κ2) is 8.93. The number of primary amides is 1. The molecule has 0 saturated heterocycles. The average molecular weight is 395 g/mol. The molecule has 1 aromatic carbocycles. The highest BCUT2D eigenvalue weighted by atomic mass is 16.6. The lowest BCUT2D eigenvalue weighted by atomic mass is 10.0. The van der Waals surface area contributed by atoms with E-state index in [2.05, 4.69) is 5.32 Å². The molecule has 4 N–H and O–H groups in total. The first-order valence-electron chi connectivity index (χ1n) is 8.15. The molecular formula is C17H21N3O8. The Morgan fingerprint density at radius 1 is 1.25 bits per heavy atom. The van der Waals surface area contributed by atoms with E-state index in [0.717, 1.165) is 18.2 Å². The van der Waals surface area contributed by atoms with Crippen LogP contribution in [0.2, 0.25) is 0 Å². The number of non-ortho nitro benzene ring substituents is 1. The molecule has 1 atom stereocenters. The van der Waals surface area contributed by atoms with Crippen molar-refractivity contribution in [1.29, 1.82) is 0 Å². The number of amides is 2. The molecular weight excluding hydrogens is 374 g/mol. The van der Waals surface area contributed by atoms with Gasteiger partial charge in [-0.1, -0.05) is 0 Å². The molecule has 0 heterocycles. The van der Waals surface area contributed by atoms with Crippen LogP contribution in [-0.4, -0.2) is 45.4 Å². The monoisotopic (exact) mass is 395 g/mol. The summed E-state index contributed by atoms with van der Waals surface area (Å²) < 4.78 is 5.19. The van der Waals surface area contributed by atoms with Crippen LogP contribution in [0.15, 0.2) is 18.2 Å². The molecule has 0 aromatic heterocycles. The lowest BCUT2D eigenvalue weighted by Gasteiger charge is -2.24. The molecule has 0 aliphatic carbocycles. The Bertz CT molecular complexity index is 813. The zero-order valence-electron chi connectivity index (χ0n) is 15.6. The van der Waals surface area contributed by atoms with Crippen LogP contribution in [0.3, 0.4) is 0 Å². The number of carbonyl (C=O) groups excluding carboxylic acids is 3. The van der Waals surface area contributed by atoms with E-state index in [4.69, 9.17) is 10.5 Å². The highest BCUT2D eigenvalue weighted by molar-refractivity contribution is 6.06. The number of carboxylic acids is 1. The van der Waals surface area contributed by atoms with Crippen molar-refractivity contribution in [2.45, 2.75) is 45.3 Å². The van der Waals surface area contributed by atoms with Crippen molar-refractivity contribution in [1.82, 2.24) is 5.32 Å². The summed E-state index contributed by atoms with van der Waals surface area (Å²) in [5, 5.41) is 22.4. The van der Waals surface area contributed by atoms with Gasteiger partial charge in [-0.05, 0) is 33.3 Å². The van der Waals surface area contributed by atoms with Gasteiger partial charge in [0, 0.05) is 18.6 Å². The quantitative estimate of drug-likeness (QED) is 0.331. The van der Waals surface area contributed by atoms with Crippen molar-refractivity contribution in [3.05, 3.63) is 39.4 Å². The lowest BCUT2D eigenvalue weighted by molar-refractivity contribution is -0.384. The SMILES string of the molecule is CC(C)(C)OC(=O)[C@@H](CCC(N)=O)NC(=O)c1ccc([N+](=O)[O-])cc1C(=O)O. The zero-order chi connectivity index (χ0) is 21.6. The van der Waals surface area contributed by atoms with Gasteiger partial charge in [0.1, 0.15) is 11.6 Å². The van der Waals surface area contributed by atoms with Gasteiger partial charge in [-0.2, -0.15) is 0 Å². The van der Waals surface area contributed by atoms with Gasteiger partial charge in [-0.3, -0.25) is 19.7 Å². The normalized spacial score (nSPS) is 12.0. The predicted molar refractivity (Wildman–Crippen MR) is 95.6 cm³/mol. The standard InChI is InChI=1S/C17H21N3O8/c1-17(2,3)28-16(25)12(6-7-13(18)21)19-14(22)10-5-4-9(20(26)27)8-11(10)15(23)24/h4-5,8,12H,6-7H2,1-3H3,(H2,18,21)(H,19,22)(H,23,24)/t12-/m1/s1. The van der Waals surface area contributed by atoms with E-state index in [9.17, 15) is 34.4 Å². The maximum Gasteiger partial charge on any atom is 0.336 e. The van der Waals surface area contributed by atoms with Crippen molar-refractivity contribution >= 4 is 29.4 Å². The minimum absolute atomic E-state index is 0.161. The highest BCUT2D eigenvalue weighted by Gasteiger charge is 2.29. The van der Waals surface area contributed by atoms with Crippen LogP contribution in [0.4, 0.5) is 5.69 Å². The Hall–Kier alpha value is -3.50. The van der Waals surface area contributed by atoms with Crippen molar-refractivity contribution in [2.75, 3.05) is 0 Å². The maximum atomic E-state index is 12.5. The Balaban J connectivity index is 3.16. The number of esters is 1. The summed E-state index contributed by atoms with van der Waals surface area (Å²) in [5.74, 6) is -4.06. The lowest BCUT2D eigenvalue weighted by Crippen LogP contribution is -2.45. The molecule has 0 bridgehead atoms. The van der Waals surface area contributed by atoms with Crippen molar-refractivity contribution in [2.24, 2.45) is 5.73 Å². The number of nitrogens with one attached hydrogen (secondary N) is 1. The smallest absolute Gasteiger partial charge is 0.336 e. The first-order valence-corrected chi connectivity index (χ1v) is 8.15. The van der Waals surface area contributed by atoms with Gasteiger partial charge < -0.3 is 20.9 Å². The minimum atomic E-state index is -1.56. The first kappa shape index (κ1) is 22.5. The van der Waals surface area contributed by atoms with Gasteiger partial charge >= 0.3 is 11.9 Å². The molecule has 0 aliphatic heterocycles. The molecule has 1 rings (SSSR count). The zero-order valence-corrected chi connectivity index (χ0v) is 15.6. The summed E-state index contributed by atoms with van der Waals surface area (Å²) in [6.45, 7) is 4.82.